The van der Waals surface area contributed by atoms with Crippen molar-refractivity contribution in [2.45, 2.75) is 13.1 Å². The predicted molar refractivity (Wildman–Crippen MR) is 79.0 cm³/mol. The summed E-state index contributed by atoms with van der Waals surface area (Å²) in [6.45, 7) is 1.73. The van der Waals surface area contributed by atoms with Crippen LogP contribution in [0.1, 0.15) is 10.6 Å². The first-order chi connectivity index (χ1) is 8.19. The van der Waals surface area contributed by atoms with Crippen LogP contribution < -0.4 is 10.2 Å². The van der Waals surface area contributed by atoms with E-state index < -0.39 is 0 Å². The van der Waals surface area contributed by atoms with Crippen molar-refractivity contribution < 1.29 is 0 Å². The van der Waals surface area contributed by atoms with Crippen LogP contribution in [0.4, 0.5) is 5.13 Å². The van der Waals surface area contributed by atoms with Crippen LogP contribution in [0.2, 0.25) is 0 Å². The molecule has 0 saturated heterocycles. The van der Waals surface area contributed by atoms with Gasteiger partial charge in [-0.05, 0) is 29.0 Å². The summed E-state index contributed by atoms with van der Waals surface area (Å²) in [5.41, 5.74) is 1.10. The summed E-state index contributed by atoms with van der Waals surface area (Å²) < 4.78 is 1.15. The molecular formula is C11H14BrN3S2. The van der Waals surface area contributed by atoms with Gasteiger partial charge in [0.25, 0.3) is 0 Å². The maximum atomic E-state index is 4.58. The zero-order chi connectivity index (χ0) is 12.3. The van der Waals surface area contributed by atoms with Crippen molar-refractivity contribution in [2.24, 2.45) is 0 Å². The highest BCUT2D eigenvalue weighted by Crippen LogP contribution is 2.25. The highest BCUT2D eigenvalue weighted by molar-refractivity contribution is 9.10. The Morgan fingerprint density at radius 2 is 2.24 bits per heavy atom. The second-order valence-corrected chi connectivity index (χ2v) is 6.49. The lowest BCUT2D eigenvalue weighted by atomic mass is 10.4. The molecule has 0 unspecified atom stereocenters. The molecule has 1 N–H and O–H groups in total. The minimum atomic E-state index is 0.828. The highest BCUT2D eigenvalue weighted by atomic mass is 79.9. The Morgan fingerprint density at radius 1 is 1.41 bits per heavy atom. The number of anilines is 1. The number of rotatable bonds is 5. The molecule has 0 aromatic carbocycles. The number of halogens is 1. The maximum Gasteiger partial charge on any atom is 0.185 e. The molecule has 0 aliphatic rings. The van der Waals surface area contributed by atoms with E-state index in [9.17, 15) is 0 Å². The minimum absolute atomic E-state index is 0.828. The molecule has 0 fully saturated rings. The zero-order valence-corrected chi connectivity index (χ0v) is 13.0. The topological polar surface area (TPSA) is 28.2 Å². The molecule has 2 aromatic rings. The van der Waals surface area contributed by atoms with Gasteiger partial charge in [0.05, 0.1) is 12.2 Å². The van der Waals surface area contributed by atoms with Crippen molar-refractivity contribution in [3.05, 3.63) is 31.9 Å². The Balaban J connectivity index is 2.01. The van der Waals surface area contributed by atoms with Crippen molar-refractivity contribution in [2.75, 3.05) is 19.0 Å². The SMILES string of the molecule is CNCc1csc(N(C)Cc2cc(Br)cs2)n1. The van der Waals surface area contributed by atoms with Gasteiger partial charge in [-0.2, -0.15) is 0 Å². The number of hydrogen-bond donors (Lipinski definition) is 1. The third-order valence-corrected chi connectivity index (χ3v) is 4.92. The third-order valence-electron chi connectivity index (χ3n) is 2.24. The van der Waals surface area contributed by atoms with E-state index in [0.29, 0.717) is 0 Å². The molecule has 0 saturated carbocycles. The standard InChI is InChI=1S/C11H14BrN3S2/c1-13-4-9-7-17-11(14-9)15(2)5-10-3-8(12)6-16-10/h3,6-7,13H,4-5H2,1-2H3. The smallest absolute Gasteiger partial charge is 0.185 e. The first-order valence-electron chi connectivity index (χ1n) is 5.22. The zero-order valence-electron chi connectivity index (χ0n) is 9.74. The van der Waals surface area contributed by atoms with Crippen molar-refractivity contribution in [3.8, 4) is 0 Å². The van der Waals surface area contributed by atoms with Crippen molar-refractivity contribution >= 4 is 43.7 Å². The van der Waals surface area contributed by atoms with Crippen molar-refractivity contribution in [3.63, 3.8) is 0 Å². The van der Waals surface area contributed by atoms with Gasteiger partial charge in [-0.15, -0.1) is 22.7 Å². The molecule has 3 nitrogen and oxygen atoms in total. The summed E-state index contributed by atoms with van der Waals surface area (Å²) in [4.78, 5) is 8.10. The van der Waals surface area contributed by atoms with Crippen LogP contribution in [-0.2, 0) is 13.1 Å². The summed E-state index contributed by atoms with van der Waals surface area (Å²) in [7, 11) is 4.02. The second kappa shape index (κ2) is 5.95. The van der Waals surface area contributed by atoms with Crippen LogP contribution in [-0.4, -0.2) is 19.1 Å². The first-order valence-corrected chi connectivity index (χ1v) is 7.77. The molecule has 2 heterocycles. The van der Waals surface area contributed by atoms with Gasteiger partial charge in [0.2, 0.25) is 0 Å². The molecule has 0 atom stereocenters. The van der Waals surface area contributed by atoms with Crippen LogP contribution in [0, 0.1) is 0 Å². The van der Waals surface area contributed by atoms with Gasteiger partial charge in [0, 0.05) is 33.7 Å². The van der Waals surface area contributed by atoms with Gasteiger partial charge in [-0.3, -0.25) is 0 Å². The van der Waals surface area contributed by atoms with Crippen LogP contribution >= 0.6 is 38.6 Å². The van der Waals surface area contributed by atoms with Gasteiger partial charge < -0.3 is 10.2 Å². The normalized spacial score (nSPS) is 10.8. The van der Waals surface area contributed by atoms with Crippen molar-refractivity contribution in [1.82, 2.24) is 10.3 Å². The number of hydrogen-bond acceptors (Lipinski definition) is 5. The van der Waals surface area contributed by atoms with Crippen LogP contribution in [0.3, 0.4) is 0 Å². The fourth-order valence-electron chi connectivity index (χ4n) is 1.47. The van der Waals surface area contributed by atoms with E-state index >= 15 is 0 Å². The van der Waals surface area contributed by atoms with Crippen LogP contribution in [0.25, 0.3) is 0 Å². The molecule has 0 aliphatic carbocycles. The Hall–Kier alpha value is -0.430. The van der Waals surface area contributed by atoms with Gasteiger partial charge in [0.1, 0.15) is 0 Å². The second-order valence-electron chi connectivity index (χ2n) is 3.74. The van der Waals surface area contributed by atoms with E-state index in [2.05, 4.69) is 55.0 Å². The largest absolute Gasteiger partial charge is 0.346 e. The van der Waals surface area contributed by atoms with Gasteiger partial charge in [-0.1, -0.05) is 0 Å². The fourth-order valence-corrected chi connectivity index (χ4v) is 3.77. The number of nitrogens with one attached hydrogen (secondary N) is 1. The maximum absolute atomic E-state index is 4.58. The summed E-state index contributed by atoms with van der Waals surface area (Å²) in [6, 6.07) is 2.16. The molecule has 17 heavy (non-hydrogen) atoms. The summed E-state index contributed by atoms with van der Waals surface area (Å²) in [6.07, 6.45) is 0. The van der Waals surface area contributed by atoms with E-state index in [1.165, 1.54) is 4.88 Å². The quantitative estimate of drug-likeness (QED) is 0.910. The van der Waals surface area contributed by atoms with Gasteiger partial charge >= 0.3 is 0 Å². The lowest BCUT2D eigenvalue weighted by Gasteiger charge is -2.14. The van der Waals surface area contributed by atoms with Crippen molar-refractivity contribution in [1.29, 1.82) is 0 Å². The Labute approximate surface area is 118 Å². The first kappa shape index (κ1) is 13.0. The van der Waals surface area contributed by atoms with E-state index in [4.69, 9.17) is 0 Å². The van der Waals surface area contributed by atoms with Crippen LogP contribution in [0.15, 0.2) is 21.3 Å². The van der Waals surface area contributed by atoms with Gasteiger partial charge in [-0.25, -0.2) is 4.98 Å². The molecule has 0 aliphatic heterocycles. The van der Waals surface area contributed by atoms with E-state index in [1.54, 1.807) is 22.7 Å². The lowest BCUT2D eigenvalue weighted by molar-refractivity contribution is 0.793. The number of thiophene rings is 1. The molecule has 2 rings (SSSR count). The summed E-state index contributed by atoms with van der Waals surface area (Å²) >= 11 is 6.93. The predicted octanol–water partition coefficient (Wildman–Crippen LogP) is 3.32. The highest BCUT2D eigenvalue weighted by Gasteiger charge is 2.08. The molecule has 6 heteroatoms. The molecule has 0 radical (unpaired) electrons. The van der Waals surface area contributed by atoms with E-state index in [0.717, 1.165) is 28.4 Å². The van der Waals surface area contributed by atoms with Crippen LogP contribution in [0.5, 0.6) is 0 Å². The summed E-state index contributed by atoms with van der Waals surface area (Å²) in [5, 5.41) is 8.39. The molecule has 2 aromatic heterocycles. The molecule has 0 amide bonds. The third kappa shape index (κ3) is 3.51. The molecule has 0 spiro atoms. The Kier molecular flexibility index (Phi) is 4.55. The molecule has 0 bridgehead atoms. The van der Waals surface area contributed by atoms with E-state index in [1.807, 2.05) is 7.05 Å². The Bertz CT molecular complexity index is 481. The Morgan fingerprint density at radius 3 is 2.88 bits per heavy atom. The van der Waals surface area contributed by atoms with E-state index in [-0.39, 0.29) is 0 Å². The number of aromatic nitrogens is 1. The average molecular weight is 332 g/mol. The average Bonchev–Trinajstić information content (AvgIpc) is 2.88. The molecule has 92 valence electrons. The molecular weight excluding hydrogens is 318 g/mol. The monoisotopic (exact) mass is 331 g/mol. The number of thiazole rings is 1. The van der Waals surface area contributed by atoms with Gasteiger partial charge in [0.15, 0.2) is 5.13 Å². The fraction of sp³-hybridized carbons (Fsp3) is 0.364. The summed E-state index contributed by atoms with van der Waals surface area (Å²) in [5.74, 6) is 0. The minimum Gasteiger partial charge on any atom is -0.346 e. The lowest BCUT2D eigenvalue weighted by Crippen LogP contribution is -2.15. The number of nitrogens with zero attached hydrogens (tertiary/aromatic N) is 2.